The lowest BCUT2D eigenvalue weighted by molar-refractivity contribution is 0.151. The van der Waals surface area contributed by atoms with Crippen LogP contribution in [0.2, 0.25) is 0 Å². The van der Waals surface area contributed by atoms with Gasteiger partial charge in [-0.1, -0.05) is 30.7 Å². The highest BCUT2D eigenvalue weighted by atomic mass is 16.5. The molecule has 0 radical (unpaired) electrons. The molecule has 0 bridgehead atoms. The Balaban J connectivity index is 1.77. The Morgan fingerprint density at radius 3 is 2.35 bits per heavy atom. The van der Waals surface area contributed by atoms with Gasteiger partial charge < -0.3 is 4.74 Å². The van der Waals surface area contributed by atoms with E-state index in [0.29, 0.717) is 6.61 Å². The molecule has 1 saturated heterocycles. The first-order chi connectivity index (χ1) is 8.38. The quantitative estimate of drug-likeness (QED) is 0.846. The van der Waals surface area contributed by atoms with E-state index >= 15 is 0 Å². The fourth-order valence-corrected chi connectivity index (χ4v) is 2.18. The van der Waals surface area contributed by atoms with Crippen molar-refractivity contribution in [2.24, 2.45) is 0 Å². The summed E-state index contributed by atoms with van der Waals surface area (Å²) >= 11 is 0. The number of piperidine rings is 1. The van der Waals surface area contributed by atoms with E-state index in [1.54, 1.807) is 7.11 Å². The van der Waals surface area contributed by atoms with Crippen LogP contribution < -0.4 is 5.43 Å². The molecular formula is C14H22N2O. The Kier molecular flexibility index (Phi) is 4.98. The van der Waals surface area contributed by atoms with Gasteiger partial charge in [-0.15, -0.1) is 0 Å². The Bertz CT molecular complexity index is 317. The van der Waals surface area contributed by atoms with Gasteiger partial charge in [0.2, 0.25) is 0 Å². The zero-order valence-electron chi connectivity index (χ0n) is 10.6. The van der Waals surface area contributed by atoms with Gasteiger partial charge in [-0.25, -0.2) is 5.01 Å². The molecule has 0 atom stereocenters. The van der Waals surface area contributed by atoms with E-state index in [1.165, 1.54) is 43.5 Å². The third-order valence-electron chi connectivity index (χ3n) is 3.20. The van der Waals surface area contributed by atoms with Crippen molar-refractivity contribution in [3.63, 3.8) is 0 Å². The fourth-order valence-electron chi connectivity index (χ4n) is 2.18. The monoisotopic (exact) mass is 234 g/mol. The predicted molar refractivity (Wildman–Crippen MR) is 69.4 cm³/mol. The third kappa shape index (κ3) is 4.11. The van der Waals surface area contributed by atoms with Crippen LogP contribution >= 0.6 is 0 Å². The van der Waals surface area contributed by atoms with Crippen LogP contribution in [0.1, 0.15) is 30.4 Å². The molecule has 1 aliphatic heterocycles. The lowest BCUT2D eigenvalue weighted by Crippen LogP contribution is -2.41. The smallest absolute Gasteiger partial charge is 0.0713 e. The van der Waals surface area contributed by atoms with Crippen LogP contribution in [0.5, 0.6) is 0 Å². The first-order valence-corrected chi connectivity index (χ1v) is 6.44. The molecule has 1 fully saturated rings. The molecule has 0 aromatic heterocycles. The minimum absolute atomic E-state index is 0.694. The van der Waals surface area contributed by atoms with Crippen molar-refractivity contribution >= 4 is 0 Å². The second kappa shape index (κ2) is 6.74. The molecule has 0 unspecified atom stereocenters. The van der Waals surface area contributed by atoms with Crippen LogP contribution in [0.25, 0.3) is 0 Å². The summed E-state index contributed by atoms with van der Waals surface area (Å²) < 4.78 is 5.10. The van der Waals surface area contributed by atoms with Gasteiger partial charge in [-0.3, -0.25) is 5.43 Å². The molecule has 3 heteroatoms. The highest BCUT2D eigenvalue weighted by Gasteiger charge is 2.08. The molecule has 3 nitrogen and oxygen atoms in total. The van der Waals surface area contributed by atoms with Gasteiger partial charge >= 0.3 is 0 Å². The maximum absolute atomic E-state index is 5.10. The average Bonchev–Trinajstić information content (AvgIpc) is 2.40. The van der Waals surface area contributed by atoms with Gasteiger partial charge in [0.05, 0.1) is 6.61 Å². The molecule has 0 saturated carbocycles. The third-order valence-corrected chi connectivity index (χ3v) is 3.20. The maximum Gasteiger partial charge on any atom is 0.0713 e. The fraction of sp³-hybridized carbons (Fsp3) is 0.571. The predicted octanol–water partition coefficient (Wildman–Crippen LogP) is 2.32. The standard InChI is InChI=1S/C14H22N2O/c1-17-12-14-7-5-13(6-8-14)11-15-16-9-3-2-4-10-16/h5-8,15H,2-4,9-12H2,1H3. The minimum atomic E-state index is 0.694. The number of hydrogen-bond acceptors (Lipinski definition) is 3. The summed E-state index contributed by atoms with van der Waals surface area (Å²) in [7, 11) is 1.73. The molecule has 2 rings (SSSR count). The van der Waals surface area contributed by atoms with E-state index < -0.39 is 0 Å². The molecule has 94 valence electrons. The second-order valence-corrected chi connectivity index (χ2v) is 4.63. The van der Waals surface area contributed by atoms with Crippen molar-refractivity contribution in [2.45, 2.75) is 32.4 Å². The number of hydrogen-bond donors (Lipinski definition) is 1. The van der Waals surface area contributed by atoms with Gasteiger partial charge in [0.1, 0.15) is 0 Å². The molecule has 1 heterocycles. The zero-order valence-corrected chi connectivity index (χ0v) is 10.6. The van der Waals surface area contributed by atoms with Crippen molar-refractivity contribution in [2.75, 3.05) is 20.2 Å². The zero-order chi connectivity index (χ0) is 11.9. The summed E-state index contributed by atoms with van der Waals surface area (Å²) in [5, 5.41) is 2.34. The van der Waals surface area contributed by atoms with E-state index in [0.717, 1.165) is 6.54 Å². The number of benzene rings is 1. The van der Waals surface area contributed by atoms with Crippen LogP contribution in [-0.4, -0.2) is 25.2 Å². The molecular weight excluding hydrogens is 212 g/mol. The lowest BCUT2D eigenvalue weighted by Gasteiger charge is -2.27. The van der Waals surface area contributed by atoms with E-state index in [2.05, 4.69) is 34.7 Å². The first kappa shape index (κ1) is 12.6. The molecule has 0 aliphatic carbocycles. The number of nitrogens with zero attached hydrogens (tertiary/aromatic N) is 1. The van der Waals surface area contributed by atoms with Crippen LogP contribution in [0.4, 0.5) is 0 Å². The van der Waals surface area contributed by atoms with Gasteiger partial charge in [0, 0.05) is 26.7 Å². The largest absolute Gasteiger partial charge is 0.380 e. The summed E-state index contributed by atoms with van der Waals surface area (Å²) in [4.78, 5) is 0. The molecule has 17 heavy (non-hydrogen) atoms. The maximum atomic E-state index is 5.10. The summed E-state index contributed by atoms with van der Waals surface area (Å²) in [5.41, 5.74) is 6.05. The van der Waals surface area contributed by atoms with Crippen LogP contribution in [-0.2, 0) is 17.9 Å². The van der Waals surface area contributed by atoms with Crippen LogP contribution in [0.15, 0.2) is 24.3 Å². The number of ether oxygens (including phenoxy) is 1. The summed E-state index contributed by atoms with van der Waals surface area (Å²) in [6.45, 7) is 3.98. The Hall–Kier alpha value is -0.900. The SMILES string of the molecule is COCc1ccc(CNN2CCCCC2)cc1. The van der Waals surface area contributed by atoms with Gasteiger partial charge in [0.25, 0.3) is 0 Å². The number of hydrazine groups is 1. The summed E-state index contributed by atoms with van der Waals surface area (Å²) in [6.07, 6.45) is 4.02. The normalized spacial score (nSPS) is 17.2. The van der Waals surface area contributed by atoms with E-state index in [4.69, 9.17) is 4.74 Å². The number of methoxy groups -OCH3 is 1. The number of rotatable bonds is 5. The molecule has 1 N–H and O–H groups in total. The Labute approximate surface area is 104 Å². The highest BCUT2D eigenvalue weighted by Crippen LogP contribution is 2.08. The molecule has 0 spiro atoms. The summed E-state index contributed by atoms with van der Waals surface area (Å²) in [5.74, 6) is 0. The Morgan fingerprint density at radius 2 is 1.71 bits per heavy atom. The van der Waals surface area contributed by atoms with Crippen molar-refractivity contribution < 1.29 is 4.74 Å². The van der Waals surface area contributed by atoms with Crippen molar-refractivity contribution in [1.29, 1.82) is 0 Å². The van der Waals surface area contributed by atoms with Gasteiger partial charge in [0.15, 0.2) is 0 Å². The second-order valence-electron chi connectivity index (χ2n) is 4.63. The molecule has 0 amide bonds. The molecule has 1 aliphatic rings. The first-order valence-electron chi connectivity index (χ1n) is 6.44. The number of nitrogens with one attached hydrogen (secondary N) is 1. The van der Waals surface area contributed by atoms with E-state index in [-0.39, 0.29) is 0 Å². The van der Waals surface area contributed by atoms with Crippen molar-refractivity contribution in [1.82, 2.24) is 10.4 Å². The minimum Gasteiger partial charge on any atom is -0.380 e. The van der Waals surface area contributed by atoms with Crippen LogP contribution in [0, 0.1) is 0 Å². The Morgan fingerprint density at radius 1 is 1.06 bits per heavy atom. The topological polar surface area (TPSA) is 24.5 Å². The van der Waals surface area contributed by atoms with Crippen molar-refractivity contribution in [3.8, 4) is 0 Å². The van der Waals surface area contributed by atoms with Gasteiger partial charge in [-0.2, -0.15) is 0 Å². The highest BCUT2D eigenvalue weighted by molar-refractivity contribution is 5.21. The lowest BCUT2D eigenvalue weighted by atomic mass is 10.1. The molecule has 1 aromatic carbocycles. The van der Waals surface area contributed by atoms with E-state index in [9.17, 15) is 0 Å². The average molecular weight is 234 g/mol. The van der Waals surface area contributed by atoms with Crippen molar-refractivity contribution in [3.05, 3.63) is 35.4 Å². The molecule has 1 aromatic rings. The van der Waals surface area contributed by atoms with Gasteiger partial charge in [-0.05, 0) is 24.0 Å². The summed E-state index contributed by atoms with van der Waals surface area (Å²) in [6, 6.07) is 8.62. The van der Waals surface area contributed by atoms with E-state index in [1.807, 2.05) is 0 Å². The van der Waals surface area contributed by atoms with Crippen LogP contribution in [0.3, 0.4) is 0 Å².